The summed E-state index contributed by atoms with van der Waals surface area (Å²) in [6.07, 6.45) is 1.73. The molecule has 1 N–H and O–H groups in total. The minimum absolute atomic E-state index is 0.207. The molecule has 2 aliphatic carbocycles. The number of hydrogen-bond acceptors (Lipinski definition) is 10. The fourth-order valence-corrected chi connectivity index (χ4v) is 3.88. The summed E-state index contributed by atoms with van der Waals surface area (Å²) in [6, 6.07) is 0. The van der Waals surface area contributed by atoms with E-state index in [0.717, 1.165) is 0 Å². The molecule has 24 heavy (non-hydrogen) atoms. The molecule has 0 aromatic heterocycles. The summed E-state index contributed by atoms with van der Waals surface area (Å²) < 4.78 is 44.2. The van der Waals surface area contributed by atoms with Crippen molar-refractivity contribution in [2.45, 2.75) is 30.3 Å². The normalized spacial score (nSPS) is 33.5. The molecule has 134 valence electrons. The van der Waals surface area contributed by atoms with Gasteiger partial charge in [0.25, 0.3) is 5.79 Å². The van der Waals surface area contributed by atoms with Crippen LogP contribution >= 0.6 is 12.0 Å². The summed E-state index contributed by atoms with van der Waals surface area (Å²) in [5.41, 5.74) is 0. The van der Waals surface area contributed by atoms with Gasteiger partial charge in [-0.25, -0.2) is 14.8 Å². The summed E-state index contributed by atoms with van der Waals surface area (Å²) in [6.45, 7) is -1.09. The molecule has 0 amide bonds. The van der Waals surface area contributed by atoms with E-state index in [9.17, 15) is 23.2 Å². The van der Waals surface area contributed by atoms with Crippen LogP contribution in [0.1, 0.15) is 19.3 Å². The van der Waals surface area contributed by atoms with Crippen LogP contribution in [-0.4, -0.2) is 40.8 Å². The molecule has 3 fully saturated rings. The molecule has 0 radical (unpaired) electrons. The number of fused-ring (bicyclic) bond motifs is 1. The van der Waals surface area contributed by atoms with E-state index in [-0.39, 0.29) is 17.8 Å². The van der Waals surface area contributed by atoms with Gasteiger partial charge >= 0.3 is 23.2 Å². The highest BCUT2D eigenvalue weighted by Crippen LogP contribution is 2.60. The third kappa shape index (κ3) is 2.94. The Labute approximate surface area is 137 Å². The first kappa shape index (κ1) is 17.3. The Kier molecular flexibility index (Phi) is 4.40. The zero-order valence-corrected chi connectivity index (χ0v) is 12.8. The van der Waals surface area contributed by atoms with Gasteiger partial charge in [-0.1, -0.05) is 5.04 Å². The third-order valence-electron chi connectivity index (χ3n) is 4.39. The number of alkyl halides is 2. The molecule has 1 heterocycles. The maximum atomic E-state index is 13.1. The van der Waals surface area contributed by atoms with Gasteiger partial charge in [0, 0.05) is 6.42 Å². The maximum absolute atomic E-state index is 13.1. The molecule has 3 aliphatic rings. The summed E-state index contributed by atoms with van der Waals surface area (Å²) in [5.74, 6) is -5.36. The predicted molar refractivity (Wildman–Crippen MR) is 67.5 cm³/mol. The third-order valence-corrected chi connectivity index (χ3v) is 4.89. The molecule has 4 unspecified atom stereocenters. The number of ether oxygens (including phenoxy) is 3. The molecule has 3 rings (SSSR count). The summed E-state index contributed by atoms with van der Waals surface area (Å²) in [7, 11) is 0. The molecule has 12 heteroatoms. The number of carbonyl (C=O) groups is 3. The van der Waals surface area contributed by atoms with Crippen molar-refractivity contribution in [2.24, 2.45) is 17.8 Å². The van der Waals surface area contributed by atoms with Gasteiger partial charge in [0.15, 0.2) is 6.61 Å². The minimum atomic E-state index is -4.21. The van der Waals surface area contributed by atoms with Gasteiger partial charge in [-0.2, -0.15) is 8.78 Å². The average molecular weight is 370 g/mol. The van der Waals surface area contributed by atoms with Crippen molar-refractivity contribution in [1.29, 1.82) is 0 Å². The van der Waals surface area contributed by atoms with E-state index in [1.807, 2.05) is 0 Å². The van der Waals surface area contributed by atoms with Crippen molar-refractivity contribution in [2.75, 3.05) is 6.61 Å². The molecular formula is C12H12F2O9S. The second-order valence-electron chi connectivity index (χ2n) is 5.78. The molecule has 2 saturated carbocycles. The van der Waals surface area contributed by atoms with Crippen LogP contribution in [-0.2, 0) is 38.0 Å². The second kappa shape index (κ2) is 6.10. The highest BCUT2D eigenvalue weighted by Gasteiger charge is 2.68. The standard InChI is InChI=1S/C12H12F2O9S/c13-12(14,24-23-22-18)10(17)19-4-8(15)20-11-3-5-1-6(7(11)2-5)9(16)21-11/h5-7,18H,1-4H2. The van der Waals surface area contributed by atoms with Crippen molar-refractivity contribution in [3.8, 4) is 0 Å². The molecule has 0 spiro atoms. The highest BCUT2D eigenvalue weighted by atomic mass is 32.2. The molecule has 1 aliphatic heterocycles. The monoisotopic (exact) mass is 370 g/mol. The smallest absolute Gasteiger partial charge is 0.415 e. The van der Waals surface area contributed by atoms with Gasteiger partial charge in [0.1, 0.15) is 12.0 Å². The Morgan fingerprint density at radius 3 is 2.83 bits per heavy atom. The van der Waals surface area contributed by atoms with Crippen LogP contribution in [0, 0.1) is 17.8 Å². The van der Waals surface area contributed by atoms with Crippen LogP contribution in [0.4, 0.5) is 8.78 Å². The Morgan fingerprint density at radius 1 is 1.42 bits per heavy atom. The van der Waals surface area contributed by atoms with Gasteiger partial charge in [-0.15, -0.1) is 4.33 Å². The second-order valence-corrected chi connectivity index (χ2v) is 6.60. The molecule has 4 atom stereocenters. The van der Waals surface area contributed by atoms with Crippen molar-refractivity contribution in [3.05, 3.63) is 0 Å². The zero-order chi connectivity index (χ0) is 17.5. The van der Waals surface area contributed by atoms with Gasteiger partial charge in [-0.05, 0) is 18.8 Å². The lowest BCUT2D eigenvalue weighted by atomic mass is 9.87. The van der Waals surface area contributed by atoms with Crippen LogP contribution in [0.2, 0.25) is 0 Å². The summed E-state index contributed by atoms with van der Waals surface area (Å²) in [4.78, 5) is 34.6. The number of carbonyl (C=O) groups excluding carboxylic acids is 3. The maximum Gasteiger partial charge on any atom is 0.415 e. The van der Waals surface area contributed by atoms with E-state index in [4.69, 9.17) is 14.7 Å². The molecule has 9 nitrogen and oxygen atoms in total. The van der Waals surface area contributed by atoms with Gasteiger partial charge in [0.05, 0.1) is 11.8 Å². The van der Waals surface area contributed by atoms with Crippen molar-refractivity contribution in [1.82, 2.24) is 0 Å². The van der Waals surface area contributed by atoms with Crippen LogP contribution in [0.3, 0.4) is 0 Å². The summed E-state index contributed by atoms with van der Waals surface area (Å²) in [5, 5.41) is 6.52. The minimum Gasteiger partial charge on any atom is -0.448 e. The van der Waals surface area contributed by atoms with Crippen LogP contribution in [0.15, 0.2) is 0 Å². The first-order chi connectivity index (χ1) is 11.3. The van der Waals surface area contributed by atoms with Crippen molar-refractivity contribution in [3.63, 3.8) is 0 Å². The van der Waals surface area contributed by atoms with E-state index in [2.05, 4.69) is 14.1 Å². The fourth-order valence-electron chi connectivity index (χ4n) is 3.63. The van der Waals surface area contributed by atoms with Crippen molar-refractivity contribution >= 4 is 30.0 Å². The van der Waals surface area contributed by atoms with Gasteiger partial charge in [0.2, 0.25) is 0 Å². The van der Waals surface area contributed by atoms with Crippen LogP contribution < -0.4 is 0 Å². The lowest BCUT2D eigenvalue weighted by molar-refractivity contribution is -0.433. The number of hydrogen-bond donors (Lipinski definition) is 1. The van der Waals surface area contributed by atoms with E-state index in [0.29, 0.717) is 19.3 Å². The van der Waals surface area contributed by atoms with E-state index in [1.54, 1.807) is 0 Å². The number of halogens is 2. The lowest BCUT2D eigenvalue weighted by Gasteiger charge is -2.29. The Hall–Kier alpha value is -1.50. The molecule has 0 aromatic carbocycles. The predicted octanol–water partition coefficient (Wildman–Crippen LogP) is 1.03. The zero-order valence-electron chi connectivity index (χ0n) is 11.9. The van der Waals surface area contributed by atoms with E-state index >= 15 is 0 Å². The molecular weight excluding hydrogens is 358 g/mol. The summed E-state index contributed by atoms with van der Waals surface area (Å²) >= 11 is -0.810. The van der Waals surface area contributed by atoms with E-state index < -0.39 is 47.6 Å². The highest BCUT2D eigenvalue weighted by molar-refractivity contribution is 7.96. The number of rotatable bonds is 7. The van der Waals surface area contributed by atoms with Crippen molar-refractivity contribution < 1.29 is 52.0 Å². The Morgan fingerprint density at radius 2 is 2.17 bits per heavy atom. The topological polar surface area (TPSA) is 118 Å². The lowest BCUT2D eigenvalue weighted by Crippen LogP contribution is -2.41. The van der Waals surface area contributed by atoms with Crippen LogP contribution in [0.25, 0.3) is 0 Å². The average Bonchev–Trinajstić information content (AvgIpc) is 3.11. The molecule has 2 bridgehead atoms. The van der Waals surface area contributed by atoms with E-state index in [1.165, 1.54) is 0 Å². The SMILES string of the molecule is O=C(COC(=O)C(F)(F)SOOO)OC12CC3CC(C(=O)O1)C2C3. The fraction of sp³-hybridized carbons (Fsp3) is 0.750. The van der Waals surface area contributed by atoms with Gasteiger partial charge < -0.3 is 14.2 Å². The van der Waals surface area contributed by atoms with Crippen LogP contribution in [0.5, 0.6) is 0 Å². The first-order valence-electron chi connectivity index (χ1n) is 6.93. The number of esters is 3. The quantitative estimate of drug-likeness (QED) is 0.301. The Bertz CT molecular complexity index is 571. The molecule has 0 aromatic rings. The molecule has 1 saturated heterocycles. The Balaban J connectivity index is 1.52. The first-order valence-corrected chi connectivity index (χ1v) is 7.67. The largest absolute Gasteiger partial charge is 0.448 e. The van der Waals surface area contributed by atoms with Gasteiger partial charge in [-0.3, -0.25) is 4.79 Å².